The monoisotopic (exact) mass is 289 g/mol. The molecule has 2 heterocycles. The number of rotatable bonds is 2. The normalized spacial score (nSPS) is 25.3. The van der Waals surface area contributed by atoms with Gasteiger partial charge in [0.2, 0.25) is 0 Å². The van der Waals surface area contributed by atoms with Crippen LogP contribution in [0.4, 0.5) is 5.82 Å². The van der Waals surface area contributed by atoms with Gasteiger partial charge in [-0.3, -0.25) is 4.79 Å². The maximum absolute atomic E-state index is 12.9. The second-order valence-corrected chi connectivity index (χ2v) is 5.89. The Morgan fingerprint density at radius 3 is 3.00 bits per heavy atom. The number of anilines is 1. The second-order valence-electron chi connectivity index (χ2n) is 5.89. The van der Waals surface area contributed by atoms with Crippen LogP contribution in [0.2, 0.25) is 0 Å². The summed E-state index contributed by atoms with van der Waals surface area (Å²) in [6, 6.07) is 3.95. The fraction of sp³-hybridized carbons (Fsp3) is 0.625. The Hall–Kier alpha value is -1.62. The van der Waals surface area contributed by atoms with E-state index in [2.05, 4.69) is 10.3 Å². The highest BCUT2D eigenvalue weighted by atomic mass is 16.5. The van der Waals surface area contributed by atoms with Crippen molar-refractivity contribution in [1.82, 2.24) is 9.88 Å². The summed E-state index contributed by atoms with van der Waals surface area (Å²) in [5.74, 6) is 0.851. The van der Waals surface area contributed by atoms with Crippen LogP contribution < -0.4 is 5.32 Å². The van der Waals surface area contributed by atoms with E-state index in [1.165, 1.54) is 12.8 Å². The zero-order valence-corrected chi connectivity index (χ0v) is 12.8. The Morgan fingerprint density at radius 1 is 1.38 bits per heavy atom. The van der Waals surface area contributed by atoms with Gasteiger partial charge in [0, 0.05) is 24.8 Å². The lowest BCUT2D eigenvalue weighted by Gasteiger charge is -2.43. The molecule has 5 heteroatoms. The lowest BCUT2D eigenvalue weighted by molar-refractivity contribution is -0.0752. The molecule has 114 valence electrons. The highest BCUT2D eigenvalue weighted by molar-refractivity contribution is 5.95. The van der Waals surface area contributed by atoms with Crippen molar-refractivity contribution in [2.45, 2.75) is 44.8 Å². The van der Waals surface area contributed by atoms with Gasteiger partial charge in [-0.2, -0.15) is 0 Å². The summed E-state index contributed by atoms with van der Waals surface area (Å²) in [4.78, 5) is 19.3. The highest BCUT2D eigenvalue weighted by Crippen LogP contribution is 2.29. The predicted molar refractivity (Wildman–Crippen MR) is 81.6 cm³/mol. The van der Waals surface area contributed by atoms with Crippen molar-refractivity contribution >= 4 is 11.7 Å². The number of ether oxygens (including phenoxy) is 1. The fourth-order valence-electron chi connectivity index (χ4n) is 3.43. The SMILES string of the molecule is CNc1cc(C(=O)N2CCOC3CCCCC32)cc(C)n1. The van der Waals surface area contributed by atoms with E-state index in [-0.39, 0.29) is 18.1 Å². The molecule has 2 unspecified atom stereocenters. The fourth-order valence-corrected chi connectivity index (χ4v) is 3.43. The minimum absolute atomic E-state index is 0.109. The standard InChI is InChI=1S/C16H23N3O2/c1-11-9-12(10-15(17-2)18-11)16(20)19-7-8-21-14-6-4-3-5-13(14)19/h9-10,13-14H,3-8H2,1-2H3,(H,17,18). The molecule has 2 atom stereocenters. The molecular formula is C16H23N3O2. The second kappa shape index (κ2) is 6.02. The molecule has 1 saturated heterocycles. The van der Waals surface area contributed by atoms with E-state index in [9.17, 15) is 4.79 Å². The van der Waals surface area contributed by atoms with E-state index in [1.807, 2.05) is 31.0 Å². The van der Waals surface area contributed by atoms with Gasteiger partial charge in [-0.1, -0.05) is 12.8 Å². The molecule has 2 fully saturated rings. The van der Waals surface area contributed by atoms with Crippen LogP contribution in [-0.4, -0.2) is 48.1 Å². The first kappa shape index (κ1) is 14.3. The van der Waals surface area contributed by atoms with Crippen molar-refractivity contribution in [1.29, 1.82) is 0 Å². The van der Waals surface area contributed by atoms with Crippen molar-refractivity contribution in [2.24, 2.45) is 0 Å². The summed E-state index contributed by atoms with van der Waals surface area (Å²) < 4.78 is 5.85. The first-order chi connectivity index (χ1) is 10.2. The van der Waals surface area contributed by atoms with Crippen LogP contribution >= 0.6 is 0 Å². The molecule has 5 nitrogen and oxygen atoms in total. The van der Waals surface area contributed by atoms with Crippen LogP contribution in [-0.2, 0) is 4.74 Å². The van der Waals surface area contributed by atoms with Gasteiger partial charge < -0.3 is 15.0 Å². The number of amides is 1. The maximum atomic E-state index is 12.9. The number of nitrogens with zero attached hydrogens (tertiary/aromatic N) is 2. The summed E-state index contributed by atoms with van der Waals surface area (Å²) >= 11 is 0. The van der Waals surface area contributed by atoms with E-state index in [4.69, 9.17) is 4.74 Å². The van der Waals surface area contributed by atoms with Crippen LogP contribution in [0.15, 0.2) is 12.1 Å². The summed E-state index contributed by atoms with van der Waals surface area (Å²) in [5, 5.41) is 3.02. The maximum Gasteiger partial charge on any atom is 0.254 e. The minimum Gasteiger partial charge on any atom is -0.374 e. The number of nitrogens with one attached hydrogen (secondary N) is 1. The van der Waals surface area contributed by atoms with Crippen LogP contribution in [0.1, 0.15) is 41.7 Å². The number of aromatic nitrogens is 1. The van der Waals surface area contributed by atoms with E-state index >= 15 is 0 Å². The van der Waals surface area contributed by atoms with Gasteiger partial charge in [0.25, 0.3) is 5.91 Å². The summed E-state index contributed by atoms with van der Waals surface area (Å²) in [6.45, 7) is 3.26. The smallest absolute Gasteiger partial charge is 0.254 e. The number of hydrogen-bond donors (Lipinski definition) is 1. The summed E-state index contributed by atoms with van der Waals surface area (Å²) in [5.41, 5.74) is 1.58. The number of pyridine rings is 1. The molecule has 0 aromatic carbocycles. The highest BCUT2D eigenvalue weighted by Gasteiger charge is 2.37. The zero-order chi connectivity index (χ0) is 14.8. The van der Waals surface area contributed by atoms with Crippen LogP contribution in [0.5, 0.6) is 0 Å². The third-order valence-corrected chi connectivity index (χ3v) is 4.45. The van der Waals surface area contributed by atoms with Gasteiger partial charge in [0.05, 0.1) is 18.8 Å². The number of hydrogen-bond acceptors (Lipinski definition) is 4. The first-order valence-electron chi connectivity index (χ1n) is 7.78. The quantitative estimate of drug-likeness (QED) is 0.907. The van der Waals surface area contributed by atoms with Crippen molar-refractivity contribution in [2.75, 3.05) is 25.5 Å². The molecule has 0 bridgehead atoms. The Bertz CT molecular complexity index is 530. The number of carbonyl (C=O) groups is 1. The van der Waals surface area contributed by atoms with Gasteiger partial charge in [-0.25, -0.2) is 4.98 Å². The first-order valence-corrected chi connectivity index (χ1v) is 7.78. The van der Waals surface area contributed by atoms with Gasteiger partial charge in [0.15, 0.2) is 0 Å². The van der Waals surface area contributed by atoms with Crippen LogP contribution in [0.3, 0.4) is 0 Å². The summed E-state index contributed by atoms with van der Waals surface area (Å²) in [6.07, 6.45) is 4.75. The lowest BCUT2D eigenvalue weighted by atomic mass is 9.89. The molecule has 3 rings (SSSR count). The van der Waals surface area contributed by atoms with E-state index in [0.29, 0.717) is 13.2 Å². The number of carbonyl (C=O) groups excluding carboxylic acids is 1. The predicted octanol–water partition coefficient (Wildman–Crippen LogP) is 2.22. The number of fused-ring (bicyclic) bond motifs is 1. The molecule has 1 aliphatic carbocycles. The van der Waals surface area contributed by atoms with Gasteiger partial charge in [0.1, 0.15) is 5.82 Å². The zero-order valence-electron chi connectivity index (χ0n) is 12.8. The lowest BCUT2D eigenvalue weighted by Crippen LogP contribution is -2.54. The van der Waals surface area contributed by atoms with Crippen molar-refractivity contribution in [3.05, 3.63) is 23.4 Å². The molecular weight excluding hydrogens is 266 g/mol. The van der Waals surface area contributed by atoms with Gasteiger partial charge in [-0.15, -0.1) is 0 Å². The summed E-state index contributed by atoms with van der Waals surface area (Å²) in [7, 11) is 1.82. The minimum atomic E-state index is 0.109. The van der Waals surface area contributed by atoms with Crippen LogP contribution in [0, 0.1) is 6.92 Å². The third-order valence-electron chi connectivity index (χ3n) is 4.45. The van der Waals surface area contributed by atoms with Crippen molar-refractivity contribution in [3.63, 3.8) is 0 Å². The van der Waals surface area contributed by atoms with E-state index in [0.717, 1.165) is 29.9 Å². The molecule has 0 radical (unpaired) electrons. The van der Waals surface area contributed by atoms with Crippen LogP contribution in [0.25, 0.3) is 0 Å². The molecule has 1 aliphatic heterocycles. The Labute approximate surface area is 125 Å². The molecule has 1 aromatic rings. The average molecular weight is 289 g/mol. The van der Waals surface area contributed by atoms with Crippen molar-refractivity contribution < 1.29 is 9.53 Å². The average Bonchev–Trinajstić information content (AvgIpc) is 2.53. The molecule has 0 spiro atoms. The van der Waals surface area contributed by atoms with E-state index in [1.54, 1.807) is 0 Å². The topological polar surface area (TPSA) is 54.5 Å². The molecule has 1 N–H and O–H groups in total. The largest absolute Gasteiger partial charge is 0.374 e. The molecule has 1 aromatic heterocycles. The molecule has 21 heavy (non-hydrogen) atoms. The Kier molecular flexibility index (Phi) is 4.10. The van der Waals surface area contributed by atoms with Gasteiger partial charge >= 0.3 is 0 Å². The van der Waals surface area contributed by atoms with Gasteiger partial charge in [-0.05, 0) is 31.9 Å². The Morgan fingerprint density at radius 2 is 2.19 bits per heavy atom. The number of morpholine rings is 1. The molecule has 2 aliphatic rings. The third kappa shape index (κ3) is 2.88. The Balaban J connectivity index is 1.85. The number of aryl methyl sites for hydroxylation is 1. The van der Waals surface area contributed by atoms with Crippen molar-refractivity contribution in [3.8, 4) is 0 Å². The molecule has 1 saturated carbocycles. The molecule has 1 amide bonds. The van der Waals surface area contributed by atoms with E-state index < -0.39 is 0 Å².